The summed E-state index contributed by atoms with van der Waals surface area (Å²) in [4.78, 5) is 4.25. The van der Waals surface area contributed by atoms with Gasteiger partial charge in [-0.15, -0.1) is 0 Å². The maximum atomic E-state index is 4.25. The first-order valence-corrected chi connectivity index (χ1v) is 3.95. The smallest absolute Gasteiger partial charge is 0.0947 e. The Bertz CT molecular complexity index is 275. The summed E-state index contributed by atoms with van der Waals surface area (Å²) < 4.78 is 1.93. The molecule has 12 heavy (non-hydrogen) atoms. The molecule has 3 nitrogen and oxygen atoms in total. The molecule has 1 rings (SSSR count). The summed E-state index contributed by atoms with van der Waals surface area (Å²) in [5.41, 5.74) is 2.10. The molecule has 1 aromatic rings. The Morgan fingerprint density at radius 3 is 2.75 bits per heavy atom. The standard InChI is InChI=1S/C9H15N3/c1-7(2)9(10-3)8-5-12(4)6-11-8/h5-6,9-10H,1H2,2-4H3. The number of hydrogen-bond acceptors (Lipinski definition) is 2. The molecule has 0 bridgehead atoms. The fourth-order valence-electron chi connectivity index (χ4n) is 1.23. The second-order valence-electron chi connectivity index (χ2n) is 3.03. The molecule has 0 radical (unpaired) electrons. The lowest BCUT2D eigenvalue weighted by atomic mass is 10.1. The van der Waals surface area contributed by atoms with Crippen molar-refractivity contribution in [3.63, 3.8) is 0 Å². The van der Waals surface area contributed by atoms with Crippen LogP contribution in [0.25, 0.3) is 0 Å². The molecule has 1 N–H and O–H groups in total. The van der Waals surface area contributed by atoms with Crippen molar-refractivity contribution in [3.05, 3.63) is 30.4 Å². The van der Waals surface area contributed by atoms with Gasteiger partial charge in [0.05, 0.1) is 18.1 Å². The lowest BCUT2D eigenvalue weighted by Crippen LogP contribution is -2.17. The predicted molar refractivity (Wildman–Crippen MR) is 49.8 cm³/mol. The molecule has 0 amide bonds. The average Bonchev–Trinajstić information content (AvgIpc) is 2.37. The fourth-order valence-corrected chi connectivity index (χ4v) is 1.23. The Morgan fingerprint density at radius 1 is 1.75 bits per heavy atom. The van der Waals surface area contributed by atoms with Gasteiger partial charge in [-0.2, -0.15) is 0 Å². The van der Waals surface area contributed by atoms with E-state index < -0.39 is 0 Å². The number of imidazole rings is 1. The topological polar surface area (TPSA) is 29.9 Å². The largest absolute Gasteiger partial charge is 0.340 e. The fraction of sp³-hybridized carbons (Fsp3) is 0.444. The van der Waals surface area contributed by atoms with Crippen LogP contribution < -0.4 is 5.32 Å². The van der Waals surface area contributed by atoms with Crippen LogP contribution in [-0.4, -0.2) is 16.6 Å². The second-order valence-corrected chi connectivity index (χ2v) is 3.03. The zero-order valence-electron chi connectivity index (χ0n) is 7.83. The SMILES string of the molecule is C=C(C)C(NC)c1cn(C)cn1. The highest BCUT2D eigenvalue weighted by Crippen LogP contribution is 2.16. The van der Waals surface area contributed by atoms with Crippen LogP contribution in [0.2, 0.25) is 0 Å². The quantitative estimate of drug-likeness (QED) is 0.683. The number of likely N-dealkylation sites (N-methyl/N-ethyl adjacent to an activating group) is 1. The van der Waals surface area contributed by atoms with Gasteiger partial charge in [-0.05, 0) is 14.0 Å². The molecule has 1 aromatic heterocycles. The van der Waals surface area contributed by atoms with Crippen LogP contribution in [0.3, 0.4) is 0 Å². The zero-order chi connectivity index (χ0) is 9.14. The highest BCUT2D eigenvalue weighted by atomic mass is 15.0. The molecule has 0 saturated heterocycles. The van der Waals surface area contributed by atoms with Crippen LogP contribution in [0.5, 0.6) is 0 Å². The minimum atomic E-state index is 0.172. The third-order valence-corrected chi connectivity index (χ3v) is 1.80. The van der Waals surface area contributed by atoms with Gasteiger partial charge in [-0.3, -0.25) is 0 Å². The van der Waals surface area contributed by atoms with Gasteiger partial charge in [0.1, 0.15) is 0 Å². The van der Waals surface area contributed by atoms with Crippen molar-refractivity contribution in [1.29, 1.82) is 0 Å². The summed E-state index contributed by atoms with van der Waals surface area (Å²) in [6.45, 7) is 5.90. The molecule has 0 aliphatic rings. The van der Waals surface area contributed by atoms with Crippen LogP contribution in [0.15, 0.2) is 24.7 Å². The zero-order valence-corrected chi connectivity index (χ0v) is 7.83. The van der Waals surface area contributed by atoms with E-state index in [2.05, 4.69) is 16.9 Å². The van der Waals surface area contributed by atoms with E-state index in [-0.39, 0.29) is 6.04 Å². The van der Waals surface area contributed by atoms with E-state index >= 15 is 0 Å². The Labute approximate surface area is 73.1 Å². The van der Waals surface area contributed by atoms with Crippen LogP contribution >= 0.6 is 0 Å². The van der Waals surface area contributed by atoms with Gasteiger partial charge in [-0.1, -0.05) is 12.2 Å². The number of rotatable bonds is 3. The molecule has 0 aliphatic heterocycles. The minimum absolute atomic E-state index is 0.172. The van der Waals surface area contributed by atoms with Crippen molar-refractivity contribution in [2.75, 3.05) is 7.05 Å². The number of aromatic nitrogens is 2. The molecular weight excluding hydrogens is 150 g/mol. The van der Waals surface area contributed by atoms with E-state index in [0.717, 1.165) is 11.3 Å². The van der Waals surface area contributed by atoms with Gasteiger partial charge in [0, 0.05) is 13.2 Å². The number of hydrogen-bond donors (Lipinski definition) is 1. The predicted octanol–water partition coefficient (Wildman–Crippen LogP) is 1.26. The lowest BCUT2D eigenvalue weighted by Gasteiger charge is -2.12. The van der Waals surface area contributed by atoms with E-state index in [1.54, 1.807) is 6.33 Å². The first kappa shape index (κ1) is 9.00. The van der Waals surface area contributed by atoms with Crippen LogP contribution in [0.1, 0.15) is 18.7 Å². The first-order chi connectivity index (χ1) is 5.65. The van der Waals surface area contributed by atoms with E-state index in [1.165, 1.54) is 0 Å². The highest BCUT2D eigenvalue weighted by Gasteiger charge is 2.11. The van der Waals surface area contributed by atoms with Gasteiger partial charge >= 0.3 is 0 Å². The van der Waals surface area contributed by atoms with E-state index in [9.17, 15) is 0 Å². The molecule has 1 unspecified atom stereocenters. The molecule has 1 atom stereocenters. The Hall–Kier alpha value is -1.09. The van der Waals surface area contributed by atoms with Gasteiger partial charge in [0.15, 0.2) is 0 Å². The van der Waals surface area contributed by atoms with Crippen molar-refractivity contribution in [2.45, 2.75) is 13.0 Å². The normalized spacial score (nSPS) is 12.9. The van der Waals surface area contributed by atoms with Gasteiger partial charge < -0.3 is 9.88 Å². The van der Waals surface area contributed by atoms with Crippen LogP contribution in [0.4, 0.5) is 0 Å². The Kier molecular flexibility index (Phi) is 2.65. The summed E-state index contributed by atoms with van der Waals surface area (Å²) >= 11 is 0. The Balaban J connectivity index is 2.87. The summed E-state index contributed by atoms with van der Waals surface area (Å²) in [6.07, 6.45) is 3.79. The van der Waals surface area contributed by atoms with Crippen molar-refractivity contribution in [1.82, 2.24) is 14.9 Å². The van der Waals surface area contributed by atoms with Crippen molar-refractivity contribution in [2.24, 2.45) is 7.05 Å². The third-order valence-electron chi connectivity index (χ3n) is 1.80. The van der Waals surface area contributed by atoms with Crippen molar-refractivity contribution >= 4 is 0 Å². The average molecular weight is 165 g/mol. The highest BCUT2D eigenvalue weighted by molar-refractivity contribution is 5.16. The van der Waals surface area contributed by atoms with Crippen LogP contribution in [0, 0.1) is 0 Å². The molecule has 0 saturated carbocycles. The van der Waals surface area contributed by atoms with E-state index in [1.807, 2.05) is 31.8 Å². The van der Waals surface area contributed by atoms with E-state index in [4.69, 9.17) is 0 Å². The van der Waals surface area contributed by atoms with E-state index in [0.29, 0.717) is 0 Å². The molecule has 3 heteroatoms. The lowest BCUT2D eigenvalue weighted by molar-refractivity contribution is 0.662. The maximum Gasteiger partial charge on any atom is 0.0947 e. The molecule has 1 heterocycles. The number of nitrogens with zero attached hydrogens (tertiary/aromatic N) is 2. The number of nitrogens with one attached hydrogen (secondary N) is 1. The monoisotopic (exact) mass is 165 g/mol. The summed E-state index contributed by atoms with van der Waals surface area (Å²) in [6, 6.07) is 0.172. The van der Waals surface area contributed by atoms with Crippen molar-refractivity contribution in [3.8, 4) is 0 Å². The summed E-state index contributed by atoms with van der Waals surface area (Å²) in [5.74, 6) is 0. The van der Waals surface area contributed by atoms with Crippen molar-refractivity contribution < 1.29 is 0 Å². The molecule has 0 fully saturated rings. The minimum Gasteiger partial charge on any atom is -0.340 e. The second kappa shape index (κ2) is 3.54. The molecule has 0 spiro atoms. The molecule has 0 aromatic carbocycles. The van der Waals surface area contributed by atoms with Crippen LogP contribution in [-0.2, 0) is 7.05 Å². The molecular formula is C9H15N3. The summed E-state index contributed by atoms with van der Waals surface area (Å²) in [5, 5.41) is 3.16. The Morgan fingerprint density at radius 2 is 2.42 bits per heavy atom. The summed E-state index contributed by atoms with van der Waals surface area (Å²) in [7, 11) is 3.87. The molecule has 66 valence electrons. The number of aryl methyl sites for hydroxylation is 1. The maximum absolute atomic E-state index is 4.25. The molecule has 0 aliphatic carbocycles. The third kappa shape index (κ3) is 1.74. The first-order valence-electron chi connectivity index (χ1n) is 3.95. The van der Waals surface area contributed by atoms with Gasteiger partial charge in [-0.25, -0.2) is 4.98 Å². The van der Waals surface area contributed by atoms with Gasteiger partial charge in [0.2, 0.25) is 0 Å². The van der Waals surface area contributed by atoms with Gasteiger partial charge in [0.25, 0.3) is 0 Å².